The van der Waals surface area contributed by atoms with Gasteiger partial charge < -0.3 is 15.3 Å². The zero-order valence-corrected chi connectivity index (χ0v) is 18.8. The quantitative estimate of drug-likeness (QED) is 0.595. The molecule has 1 aromatic carbocycles. The zero-order valence-electron chi connectivity index (χ0n) is 18.8. The van der Waals surface area contributed by atoms with Gasteiger partial charge in [0.15, 0.2) is 0 Å². The normalized spacial score (nSPS) is 20.0. The summed E-state index contributed by atoms with van der Waals surface area (Å²) in [5, 5.41) is 16.5. The van der Waals surface area contributed by atoms with Crippen LogP contribution in [0, 0.1) is 17.6 Å². The summed E-state index contributed by atoms with van der Waals surface area (Å²) in [6.07, 6.45) is 8.73. The van der Waals surface area contributed by atoms with Crippen molar-refractivity contribution in [1.29, 1.82) is 0 Å². The molecule has 1 saturated heterocycles. The monoisotopic (exact) mass is 470 g/mol. The maximum atomic E-state index is 12.8. The summed E-state index contributed by atoms with van der Waals surface area (Å²) in [5.41, 5.74) is 2.45. The highest BCUT2D eigenvalue weighted by Crippen LogP contribution is 2.26. The molecule has 2 fully saturated rings. The van der Waals surface area contributed by atoms with Crippen molar-refractivity contribution in [2.24, 2.45) is 5.92 Å². The lowest BCUT2D eigenvalue weighted by Crippen LogP contribution is -2.39. The Kier molecular flexibility index (Phi) is 7.40. The van der Waals surface area contributed by atoms with Gasteiger partial charge in [-0.1, -0.05) is 6.42 Å². The van der Waals surface area contributed by atoms with Gasteiger partial charge in [0.2, 0.25) is 0 Å². The number of amides is 1. The third-order valence-electron chi connectivity index (χ3n) is 6.38. The van der Waals surface area contributed by atoms with Crippen molar-refractivity contribution in [3.8, 4) is 0 Å². The van der Waals surface area contributed by atoms with E-state index in [0.717, 1.165) is 61.4 Å². The molecule has 2 aliphatic rings. The number of halogens is 2. The van der Waals surface area contributed by atoms with Crippen LogP contribution in [0.1, 0.15) is 48.9 Å². The predicted octanol–water partition coefficient (Wildman–Crippen LogP) is 4.27. The molecular weight excluding hydrogens is 442 g/mol. The standard InChI is InChI=1S/C19H24N4O3.C6H4F2/c24-18(21-14-5-3-4-13(10-14)19(25)26)16-12-20-23-9-6-15(11-17(16)23)22-7-1-2-8-22;7-5-1-2-6(8)4-3-5/h6,9,11-14H,1-5,7-8,10H2,(H,21,24)(H,25,26);1-4H. The van der Waals surface area contributed by atoms with Gasteiger partial charge in [-0.25, -0.2) is 13.3 Å². The topological polar surface area (TPSA) is 86.9 Å². The van der Waals surface area contributed by atoms with E-state index in [9.17, 15) is 23.5 Å². The maximum Gasteiger partial charge on any atom is 0.306 e. The number of hydrogen-bond donors (Lipinski definition) is 2. The van der Waals surface area contributed by atoms with E-state index in [4.69, 9.17) is 0 Å². The molecule has 1 aliphatic carbocycles. The van der Waals surface area contributed by atoms with E-state index in [1.165, 1.54) is 12.8 Å². The number of carboxylic acid groups (broad SMARTS) is 1. The number of carboxylic acids is 1. The number of nitrogens with one attached hydrogen (secondary N) is 1. The third kappa shape index (κ3) is 5.70. The minimum Gasteiger partial charge on any atom is -0.481 e. The average molecular weight is 471 g/mol. The Morgan fingerprint density at radius 2 is 1.68 bits per heavy atom. The van der Waals surface area contributed by atoms with Crippen molar-refractivity contribution in [1.82, 2.24) is 14.9 Å². The molecule has 180 valence electrons. The Balaban J connectivity index is 0.000000291. The Labute approximate surface area is 196 Å². The molecule has 0 bridgehead atoms. The summed E-state index contributed by atoms with van der Waals surface area (Å²) in [6.45, 7) is 2.09. The number of rotatable bonds is 4. The second-order valence-corrected chi connectivity index (χ2v) is 8.78. The molecule has 1 saturated carbocycles. The third-order valence-corrected chi connectivity index (χ3v) is 6.38. The molecule has 5 rings (SSSR count). The number of hydrogen-bond acceptors (Lipinski definition) is 4. The van der Waals surface area contributed by atoms with Gasteiger partial charge >= 0.3 is 5.97 Å². The van der Waals surface area contributed by atoms with Crippen LogP contribution in [0.3, 0.4) is 0 Å². The summed E-state index contributed by atoms with van der Waals surface area (Å²) >= 11 is 0. The van der Waals surface area contributed by atoms with Gasteiger partial charge in [0.05, 0.1) is 23.2 Å². The van der Waals surface area contributed by atoms with E-state index in [0.29, 0.717) is 18.4 Å². The molecular formula is C25H28F2N4O3. The van der Waals surface area contributed by atoms with Crippen LogP contribution >= 0.6 is 0 Å². The van der Waals surface area contributed by atoms with E-state index < -0.39 is 17.6 Å². The van der Waals surface area contributed by atoms with Gasteiger partial charge in [0.1, 0.15) is 11.6 Å². The largest absolute Gasteiger partial charge is 0.481 e. The summed E-state index contributed by atoms with van der Waals surface area (Å²) in [5.74, 6) is -2.12. The molecule has 2 N–H and O–H groups in total. The minimum absolute atomic E-state index is 0.0888. The van der Waals surface area contributed by atoms with E-state index in [-0.39, 0.29) is 17.9 Å². The number of pyridine rings is 1. The van der Waals surface area contributed by atoms with Crippen molar-refractivity contribution in [2.45, 2.75) is 44.6 Å². The minimum atomic E-state index is -0.768. The molecule has 3 heterocycles. The molecule has 1 amide bonds. The Bertz CT molecular complexity index is 1120. The number of benzene rings is 1. The van der Waals surface area contributed by atoms with Gasteiger partial charge in [-0.15, -0.1) is 0 Å². The van der Waals surface area contributed by atoms with Crippen LogP contribution in [-0.2, 0) is 4.79 Å². The first-order chi connectivity index (χ1) is 16.4. The summed E-state index contributed by atoms with van der Waals surface area (Å²) in [7, 11) is 0. The number of aromatic nitrogens is 2. The fourth-order valence-electron chi connectivity index (χ4n) is 4.55. The molecule has 2 aromatic heterocycles. The summed E-state index contributed by atoms with van der Waals surface area (Å²) in [6, 6.07) is 8.28. The highest BCUT2D eigenvalue weighted by atomic mass is 19.1. The van der Waals surface area contributed by atoms with Crippen molar-refractivity contribution >= 4 is 23.1 Å². The number of carbonyl (C=O) groups excluding carboxylic acids is 1. The molecule has 2 atom stereocenters. The van der Waals surface area contributed by atoms with E-state index in [1.54, 1.807) is 10.7 Å². The van der Waals surface area contributed by atoms with Gasteiger partial charge in [-0.05, 0) is 68.5 Å². The van der Waals surface area contributed by atoms with Gasteiger partial charge in [-0.2, -0.15) is 5.10 Å². The van der Waals surface area contributed by atoms with Crippen LogP contribution in [0.25, 0.3) is 5.52 Å². The molecule has 0 spiro atoms. The fourth-order valence-corrected chi connectivity index (χ4v) is 4.55. The zero-order chi connectivity index (χ0) is 24.1. The molecule has 9 heteroatoms. The maximum absolute atomic E-state index is 12.8. The summed E-state index contributed by atoms with van der Waals surface area (Å²) in [4.78, 5) is 26.3. The molecule has 2 unspecified atom stereocenters. The lowest BCUT2D eigenvalue weighted by atomic mass is 9.85. The lowest BCUT2D eigenvalue weighted by Gasteiger charge is -2.27. The van der Waals surface area contributed by atoms with Crippen LogP contribution in [0.2, 0.25) is 0 Å². The number of aliphatic carboxylic acids is 1. The van der Waals surface area contributed by atoms with Crippen molar-refractivity contribution in [2.75, 3.05) is 18.0 Å². The Morgan fingerprint density at radius 1 is 1.00 bits per heavy atom. The SMILES string of the molecule is Fc1ccc(F)cc1.O=C(NC1CCCC(C(=O)O)C1)c1cnn2ccc(N3CCCC3)cc12. The van der Waals surface area contributed by atoms with Crippen LogP contribution in [-0.4, -0.2) is 45.7 Å². The van der Waals surface area contributed by atoms with Crippen LogP contribution in [0.4, 0.5) is 14.5 Å². The highest BCUT2D eigenvalue weighted by Gasteiger charge is 2.28. The highest BCUT2D eigenvalue weighted by molar-refractivity contribution is 6.01. The molecule has 34 heavy (non-hydrogen) atoms. The van der Waals surface area contributed by atoms with Gasteiger partial charge in [0, 0.05) is 31.0 Å². The first-order valence-electron chi connectivity index (χ1n) is 11.6. The lowest BCUT2D eigenvalue weighted by molar-refractivity contribution is -0.143. The molecule has 0 radical (unpaired) electrons. The molecule has 3 aromatic rings. The fraction of sp³-hybridized carbons (Fsp3) is 0.400. The first kappa shape index (κ1) is 23.7. The second-order valence-electron chi connectivity index (χ2n) is 8.78. The van der Waals surface area contributed by atoms with Gasteiger partial charge in [-0.3, -0.25) is 9.59 Å². The van der Waals surface area contributed by atoms with Gasteiger partial charge in [0.25, 0.3) is 5.91 Å². The van der Waals surface area contributed by atoms with Crippen LogP contribution in [0.15, 0.2) is 48.8 Å². The van der Waals surface area contributed by atoms with Crippen molar-refractivity contribution in [3.63, 3.8) is 0 Å². The van der Waals surface area contributed by atoms with E-state index in [2.05, 4.69) is 15.3 Å². The second kappa shape index (κ2) is 10.6. The van der Waals surface area contributed by atoms with E-state index >= 15 is 0 Å². The average Bonchev–Trinajstić information content (AvgIpc) is 3.51. The Hall–Kier alpha value is -3.49. The number of carbonyl (C=O) groups is 2. The molecule has 7 nitrogen and oxygen atoms in total. The van der Waals surface area contributed by atoms with Crippen LogP contribution < -0.4 is 10.2 Å². The first-order valence-corrected chi connectivity index (χ1v) is 11.6. The summed E-state index contributed by atoms with van der Waals surface area (Å²) < 4.78 is 25.6. The number of fused-ring (bicyclic) bond motifs is 1. The number of anilines is 1. The van der Waals surface area contributed by atoms with Crippen molar-refractivity contribution in [3.05, 3.63) is 66.0 Å². The predicted molar refractivity (Wildman–Crippen MR) is 124 cm³/mol. The van der Waals surface area contributed by atoms with Crippen molar-refractivity contribution < 1.29 is 23.5 Å². The number of nitrogens with zero attached hydrogens (tertiary/aromatic N) is 3. The van der Waals surface area contributed by atoms with Crippen LogP contribution in [0.5, 0.6) is 0 Å². The van der Waals surface area contributed by atoms with E-state index in [1.807, 2.05) is 18.3 Å². The molecule has 1 aliphatic heterocycles. The Morgan fingerprint density at radius 3 is 2.32 bits per heavy atom. The smallest absolute Gasteiger partial charge is 0.306 e.